The third-order valence-corrected chi connectivity index (χ3v) is 1.98. The highest BCUT2D eigenvalue weighted by Gasteiger charge is 2.02. The van der Waals surface area contributed by atoms with Gasteiger partial charge < -0.3 is 9.84 Å². The summed E-state index contributed by atoms with van der Waals surface area (Å²) in [7, 11) is 0. The van der Waals surface area contributed by atoms with Crippen molar-refractivity contribution < 1.29 is 9.84 Å². The van der Waals surface area contributed by atoms with Crippen LogP contribution in [0.2, 0.25) is 0 Å². The highest BCUT2D eigenvalue weighted by atomic mass is 79.9. The second-order valence-electron chi connectivity index (χ2n) is 2.36. The highest BCUT2D eigenvalue weighted by Crippen LogP contribution is 2.22. The van der Waals surface area contributed by atoms with Crippen molar-refractivity contribution >= 4 is 15.9 Å². The zero-order valence-corrected chi connectivity index (χ0v) is 8.41. The number of halogens is 1. The molecule has 1 aromatic rings. The minimum atomic E-state index is -0.0970. The Morgan fingerprint density at radius 3 is 2.92 bits per heavy atom. The van der Waals surface area contributed by atoms with Gasteiger partial charge in [0.15, 0.2) is 6.61 Å². The minimum absolute atomic E-state index is 0.00533. The molecule has 0 radical (unpaired) electrons. The standard InChI is InChI=1S/C9H8BrNO2/c10-8-1-2-9(13-4-3-11)7(5-8)6-12/h1-2,5,12H,4,6H2. The number of hydrogen-bond acceptors (Lipinski definition) is 3. The monoisotopic (exact) mass is 241 g/mol. The summed E-state index contributed by atoms with van der Waals surface area (Å²) in [5.74, 6) is 0.548. The molecule has 0 amide bonds. The number of rotatable bonds is 3. The van der Waals surface area contributed by atoms with Crippen LogP contribution in [-0.4, -0.2) is 11.7 Å². The topological polar surface area (TPSA) is 53.2 Å². The lowest BCUT2D eigenvalue weighted by atomic mass is 10.2. The summed E-state index contributed by atoms with van der Waals surface area (Å²) in [6, 6.07) is 7.14. The Morgan fingerprint density at radius 2 is 2.31 bits per heavy atom. The molecule has 0 fully saturated rings. The van der Waals surface area contributed by atoms with Gasteiger partial charge in [-0.15, -0.1) is 0 Å². The molecule has 0 bridgehead atoms. The predicted octanol–water partition coefficient (Wildman–Crippen LogP) is 1.84. The number of nitrogens with zero attached hydrogens (tertiary/aromatic N) is 1. The maximum Gasteiger partial charge on any atom is 0.174 e. The normalized spacial score (nSPS) is 9.31. The van der Waals surface area contributed by atoms with Crippen LogP contribution in [-0.2, 0) is 6.61 Å². The van der Waals surface area contributed by atoms with Gasteiger partial charge in [0.05, 0.1) is 6.61 Å². The van der Waals surface area contributed by atoms with Crippen LogP contribution in [0.3, 0.4) is 0 Å². The van der Waals surface area contributed by atoms with E-state index < -0.39 is 0 Å². The van der Waals surface area contributed by atoms with E-state index in [1.165, 1.54) is 0 Å². The van der Waals surface area contributed by atoms with E-state index in [-0.39, 0.29) is 13.2 Å². The molecule has 13 heavy (non-hydrogen) atoms. The Kier molecular flexibility index (Phi) is 3.74. The van der Waals surface area contributed by atoms with Crippen LogP contribution in [0.1, 0.15) is 5.56 Å². The maximum atomic E-state index is 8.96. The molecule has 0 saturated heterocycles. The van der Waals surface area contributed by atoms with Gasteiger partial charge in [0, 0.05) is 10.0 Å². The van der Waals surface area contributed by atoms with Crippen molar-refractivity contribution in [3.8, 4) is 11.8 Å². The summed E-state index contributed by atoms with van der Waals surface area (Å²) in [6.07, 6.45) is 0. The number of aliphatic hydroxyl groups is 1. The van der Waals surface area contributed by atoms with E-state index in [0.29, 0.717) is 11.3 Å². The van der Waals surface area contributed by atoms with Crippen LogP contribution >= 0.6 is 15.9 Å². The zero-order valence-electron chi connectivity index (χ0n) is 6.83. The molecule has 4 heteroatoms. The smallest absolute Gasteiger partial charge is 0.174 e. The first-order valence-electron chi connectivity index (χ1n) is 3.67. The molecule has 0 unspecified atom stereocenters. The van der Waals surface area contributed by atoms with Crippen molar-refractivity contribution in [2.75, 3.05) is 6.61 Å². The van der Waals surface area contributed by atoms with Crippen molar-refractivity contribution in [3.05, 3.63) is 28.2 Å². The Balaban J connectivity index is 2.87. The fraction of sp³-hybridized carbons (Fsp3) is 0.222. The SMILES string of the molecule is N#CCOc1ccc(Br)cc1CO. The fourth-order valence-corrected chi connectivity index (χ4v) is 1.33. The first-order valence-corrected chi connectivity index (χ1v) is 4.46. The Labute approximate surface area is 84.7 Å². The summed E-state index contributed by atoms with van der Waals surface area (Å²) in [6.45, 7) is -0.102. The number of nitriles is 1. The summed E-state index contributed by atoms with van der Waals surface area (Å²) < 4.78 is 5.97. The minimum Gasteiger partial charge on any atom is -0.478 e. The number of ether oxygens (including phenoxy) is 1. The molecule has 1 aromatic carbocycles. The zero-order chi connectivity index (χ0) is 9.68. The second kappa shape index (κ2) is 4.85. The largest absolute Gasteiger partial charge is 0.478 e. The lowest BCUT2D eigenvalue weighted by Gasteiger charge is -2.06. The van der Waals surface area contributed by atoms with Gasteiger partial charge in [-0.1, -0.05) is 15.9 Å². The van der Waals surface area contributed by atoms with Crippen molar-refractivity contribution in [1.82, 2.24) is 0 Å². The summed E-state index contributed by atoms with van der Waals surface area (Å²) in [5, 5.41) is 17.3. The molecule has 0 aliphatic carbocycles. The van der Waals surface area contributed by atoms with Gasteiger partial charge in [-0.05, 0) is 18.2 Å². The molecule has 0 aliphatic rings. The number of hydrogen-bond donors (Lipinski definition) is 1. The van der Waals surface area contributed by atoms with Crippen LogP contribution in [0, 0.1) is 11.3 Å². The molecule has 0 aliphatic heterocycles. The first-order chi connectivity index (χ1) is 6.27. The van der Waals surface area contributed by atoms with E-state index in [1.54, 1.807) is 18.2 Å². The molecule has 0 spiro atoms. The van der Waals surface area contributed by atoms with Gasteiger partial charge in [-0.25, -0.2) is 0 Å². The molecule has 68 valence electrons. The molecular weight excluding hydrogens is 234 g/mol. The van der Waals surface area contributed by atoms with Crippen molar-refractivity contribution in [1.29, 1.82) is 5.26 Å². The molecule has 0 heterocycles. The summed E-state index contributed by atoms with van der Waals surface area (Å²) in [5.41, 5.74) is 0.671. The molecule has 1 N–H and O–H groups in total. The molecule has 1 rings (SSSR count). The van der Waals surface area contributed by atoms with E-state index >= 15 is 0 Å². The van der Waals surface area contributed by atoms with Gasteiger partial charge in [-0.3, -0.25) is 0 Å². The Hall–Kier alpha value is -1.05. The molecule has 0 saturated carbocycles. The Morgan fingerprint density at radius 1 is 1.54 bits per heavy atom. The van der Waals surface area contributed by atoms with Gasteiger partial charge in [0.2, 0.25) is 0 Å². The predicted molar refractivity (Wildman–Crippen MR) is 51.2 cm³/mol. The number of aliphatic hydroxyl groups excluding tert-OH is 1. The summed E-state index contributed by atoms with van der Waals surface area (Å²) >= 11 is 3.27. The van der Waals surface area contributed by atoms with Crippen molar-refractivity contribution in [3.63, 3.8) is 0 Å². The van der Waals surface area contributed by atoms with Crippen molar-refractivity contribution in [2.24, 2.45) is 0 Å². The molecule has 3 nitrogen and oxygen atoms in total. The number of benzene rings is 1. The van der Waals surface area contributed by atoms with Crippen LogP contribution in [0.15, 0.2) is 22.7 Å². The van der Waals surface area contributed by atoms with E-state index in [1.807, 2.05) is 6.07 Å². The van der Waals surface area contributed by atoms with Crippen molar-refractivity contribution in [2.45, 2.75) is 6.61 Å². The van der Waals surface area contributed by atoms with Crippen LogP contribution in [0.25, 0.3) is 0 Å². The molecular formula is C9H8BrNO2. The quantitative estimate of drug-likeness (QED) is 0.879. The van der Waals surface area contributed by atoms with E-state index in [4.69, 9.17) is 15.1 Å². The van der Waals surface area contributed by atoms with Crippen LogP contribution < -0.4 is 4.74 Å². The van der Waals surface area contributed by atoms with E-state index in [2.05, 4.69) is 15.9 Å². The third kappa shape index (κ3) is 2.72. The van der Waals surface area contributed by atoms with Crippen LogP contribution in [0.5, 0.6) is 5.75 Å². The molecule has 0 atom stereocenters. The third-order valence-electron chi connectivity index (χ3n) is 1.49. The fourth-order valence-electron chi connectivity index (χ4n) is 0.922. The van der Waals surface area contributed by atoms with Gasteiger partial charge in [-0.2, -0.15) is 5.26 Å². The van der Waals surface area contributed by atoms with Gasteiger partial charge >= 0.3 is 0 Å². The summed E-state index contributed by atoms with van der Waals surface area (Å²) in [4.78, 5) is 0. The van der Waals surface area contributed by atoms with Gasteiger partial charge in [0.1, 0.15) is 11.8 Å². The lowest BCUT2D eigenvalue weighted by molar-refractivity contribution is 0.270. The van der Waals surface area contributed by atoms with E-state index in [0.717, 1.165) is 4.47 Å². The van der Waals surface area contributed by atoms with E-state index in [9.17, 15) is 0 Å². The highest BCUT2D eigenvalue weighted by molar-refractivity contribution is 9.10. The average Bonchev–Trinajstić information content (AvgIpc) is 2.16. The first kappa shape index (κ1) is 10.0. The maximum absolute atomic E-state index is 8.96. The second-order valence-corrected chi connectivity index (χ2v) is 3.27. The average molecular weight is 242 g/mol. The van der Waals surface area contributed by atoms with Gasteiger partial charge in [0.25, 0.3) is 0 Å². The molecule has 0 aromatic heterocycles. The van der Waals surface area contributed by atoms with Crippen LogP contribution in [0.4, 0.5) is 0 Å². The lowest BCUT2D eigenvalue weighted by Crippen LogP contribution is -1.97. The Bertz CT molecular complexity index is 333.